The molecular formula is C18H27ClN2O. The van der Waals surface area contributed by atoms with Crippen LogP contribution in [-0.2, 0) is 4.79 Å². The molecule has 122 valence electrons. The van der Waals surface area contributed by atoms with Gasteiger partial charge in [0.05, 0.1) is 0 Å². The van der Waals surface area contributed by atoms with E-state index in [-0.39, 0.29) is 30.3 Å². The maximum absolute atomic E-state index is 12.4. The number of amides is 1. The molecule has 0 radical (unpaired) electrons. The van der Waals surface area contributed by atoms with Crippen LogP contribution in [0.4, 0.5) is 0 Å². The van der Waals surface area contributed by atoms with E-state index in [1.807, 2.05) is 0 Å². The summed E-state index contributed by atoms with van der Waals surface area (Å²) in [6.07, 6.45) is 6.71. The molecule has 1 aromatic rings. The first kappa shape index (κ1) is 17.3. The molecule has 2 fully saturated rings. The number of carbonyl (C=O) groups is 1. The summed E-state index contributed by atoms with van der Waals surface area (Å²) >= 11 is 0. The molecule has 1 amide bonds. The molecule has 0 heterocycles. The van der Waals surface area contributed by atoms with Crippen LogP contribution in [0.1, 0.15) is 50.0 Å². The minimum absolute atomic E-state index is 0. The zero-order valence-corrected chi connectivity index (χ0v) is 13.9. The molecule has 0 saturated heterocycles. The van der Waals surface area contributed by atoms with Crippen LogP contribution >= 0.6 is 12.4 Å². The zero-order valence-electron chi connectivity index (χ0n) is 13.0. The lowest BCUT2D eigenvalue weighted by molar-refractivity contribution is -0.126. The minimum atomic E-state index is 0. The van der Waals surface area contributed by atoms with Crippen molar-refractivity contribution in [2.24, 2.45) is 17.6 Å². The van der Waals surface area contributed by atoms with Crippen LogP contribution in [0.2, 0.25) is 0 Å². The molecule has 1 atom stereocenters. The Kier molecular flexibility index (Phi) is 6.27. The number of carbonyl (C=O) groups excluding carboxylic acids is 1. The number of hydrogen-bond acceptors (Lipinski definition) is 2. The van der Waals surface area contributed by atoms with E-state index in [1.165, 1.54) is 18.4 Å². The first-order valence-corrected chi connectivity index (χ1v) is 8.33. The van der Waals surface area contributed by atoms with E-state index in [2.05, 4.69) is 35.6 Å². The molecule has 2 aliphatic carbocycles. The van der Waals surface area contributed by atoms with E-state index >= 15 is 0 Å². The zero-order chi connectivity index (χ0) is 14.7. The minimum Gasteiger partial charge on any atom is -0.352 e. The van der Waals surface area contributed by atoms with Crippen molar-refractivity contribution in [3.63, 3.8) is 0 Å². The fraction of sp³-hybridized carbons (Fsp3) is 0.611. The third kappa shape index (κ3) is 4.23. The van der Waals surface area contributed by atoms with Gasteiger partial charge in [0.15, 0.2) is 0 Å². The average molecular weight is 323 g/mol. The van der Waals surface area contributed by atoms with E-state index in [9.17, 15) is 4.79 Å². The molecule has 0 aromatic heterocycles. The quantitative estimate of drug-likeness (QED) is 0.874. The molecule has 1 aromatic carbocycles. The van der Waals surface area contributed by atoms with Crippen LogP contribution in [0.15, 0.2) is 30.3 Å². The fourth-order valence-corrected chi connectivity index (χ4v) is 3.58. The van der Waals surface area contributed by atoms with E-state index in [0.29, 0.717) is 18.4 Å². The Morgan fingerprint density at radius 1 is 1.09 bits per heavy atom. The van der Waals surface area contributed by atoms with E-state index in [1.54, 1.807) is 0 Å². The summed E-state index contributed by atoms with van der Waals surface area (Å²) in [4.78, 5) is 12.4. The number of benzene rings is 1. The summed E-state index contributed by atoms with van der Waals surface area (Å²) in [6, 6.07) is 10.9. The molecule has 3 N–H and O–H groups in total. The number of nitrogens with one attached hydrogen (secondary N) is 1. The second kappa shape index (κ2) is 7.98. The Labute approximate surface area is 139 Å². The summed E-state index contributed by atoms with van der Waals surface area (Å²) < 4.78 is 0. The molecular weight excluding hydrogens is 296 g/mol. The molecule has 0 spiro atoms. The second-order valence-corrected chi connectivity index (χ2v) is 6.65. The van der Waals surface area contributed by atoms with E-state index in [4.69, 9.17) is 5.73 Å². The summed E-state index contributed by atoms with van der Waals surface area (Å²) in [7, 11) is 0. The highest BCUT2D eigenvalue weighted by molar-refractivity contribution is 5.85. The monoisotopic (exact) mass is 322 g/mol. The highest BCUT2D eigenvalue weighted by atomic mass is 35.5. The number of rotatable bonds is 5. The predicted molar refractivity (Wildman–Crippen MR) is 92.1 cm³/mol. The maximum atomic E-state index is 12.4. The standard InChI is InChI=1S/C18H26N2O.ClH/c19-12-17(15-8-9-15)20-18(21)16-10-6-14(7-11-16)13-4-2-1-3-5-13;/h1-5,14-17H,6-12,19H2,(H,20,21);1H. The van der Waals surface area contributed by atoms with Crippen molar-refractivity contribution in [1.29, 1.82) is 0 Å². The van der Waals surface area contributed by atoms with Gasteiger partial charge in [-0.25, -0.2) is 0 Å². The third-order valence-electron chi connectivity index (χ3n) is 5.14. The molecule has 3 rings (SSSR count). The van der Waals surface area contributed by atoms with Gasteiger partial charge in [0, 0.05) is 18.5 Å². The number of hydrogen-bond donors (Lipinski definition) is 2. The average Bonchev–Trinajstić information content (AvgIpc) is 3.38. The van der Waals surface area contributed by atoms with Crippen LogP contribution in [0.5, 0.6) is 0 Å². The van der Waals surface area contributed by atoms with Crippen LogP contribution < -0.4 is 11.1 Å². The lowest BCUT2D eigenvalue weighted by atomic mass is 9.78. The van der Waals surface area contributed by atoms with Gasteiger partial charge in [0.25, 0.3) is 0 Å². The molecule has 1 unspecified atom stereocenters. The first-order chi connectivity index (χ1) is 10.3. The Morgan fingerprint density at radius 3 is 2.27 bits per heavy atom. The van der Waals surface area contributed by atoms with E-state index < -0.39 is 0 Å². The van der Waals surface area contributed by atoms with Gasteiger partial charge in [-0.3, -0.25) is 4.79 Å². The van der Waals surface area contributed by atoms with Gasteiger partial charge < -0.3 is 11.1 Å². The van der Waals surface area contributed by atoms with Gasteiger partial charge in [-0.05, 0) is 55.9 Å². The number of halogens is 1. The van der Waals surface area contributed by atoms with Gasteiger partial charge in [0.2, 0.25) is 5.91 Å². The van der Waals surface area contributed by atoms with E-state index in [0.717, 1.165) is 25.7 Å². The molecule has 4 heteroatoms. The molecule has 2 aliphatic rings. The van der Waals surface area contributed by atoms with Gasteiger partial charge in [-0.1, -0.05) is 30.3 Å². The van der Waals surface area contributed by atoms with Crippen molar-refractivity contribution in [2.75, 3.05) is 6.54 Å². The topological polar surface area (TPSA) is 55.1 Å². The van der Waals surface area contributed by atoms with Crippen LogP contribution in [0.3, 0.4) is 0 Å². The van der Waals surface area contributed by atoms with Crippen LogP contribution in [0, 0.1) is 11.8 Å². The number of nitrogens with two attached hydrogens (primary N) is 1. The molecule has 2 saturated carbocycles. The smallest absolute Gasteiger partial charge is 0.223 e. The Hall–Kier alpha value is -1.06. The normalized spacial score (nSPS) is 25.9. The van der Waals surface area contributed by atoms with Crippen molar-refractivity contribution in [3.05, 3.63) is 35.9 Å². The summed E-state index contributed by atoms with van der Waals surface area (Å²) in [5.41, 5.74) is 7.20. The highest BCUT2D eigenvalue weighted by Gasteiger charge is 2.34. The Bertz CT molecular complexity index is 467. The molecule has 0 bridgehead atoms. The van der Waals surface area contributed by atoms with Crippen molar-refractivity contribution in [3.8, 4) is 0 Å². The fourth-order valence-electron chi connectivity index (χ4n) is 3.58. The summed E-state index contributed by atoms with van der Waals surface area (Å²) in [6.45, 7) is 0.579. The largest absolute Gasteiger partial charge is 0.352 e. The third-order valence-corrected chi connectivity index (χ3v) is 5.14. The predicted octanol–water partition coefficient (Wildman–Crippen LogP) is 3.24. The lowest BCUT2D eigenvalue weighted by Gasteiger charge is -2.29. The Morgan fingerprint density at radius 2 is 1.73 bits per heavy atom. The van der Waals surface area contributed by atoms with Crippen molar-refractivity contribution < 1.29 is 4.79 Å². The SMILES string of the molecule is Cl.NCC(NC(=O)C1CCC(c2ccccc2)CC1)C1CC1. The van der Waals surface area contributed by atoms with Crippen molar-refractivity contribution in [1.82, 2.24) is 5.32 Å². The second-order valence-electron chi connectivity index (χ2n) is 6.65. The summed E-state index contributed by atoms with van der Waals surface area (Å²) in [5, 5.41) is 3.19. The van der Waals surface area contributed by atoms with Crippen molar-refractivity contribution in [2.45, 2.75) is 50.5 Å². The maximum Gasteiger partial charge on any atom is 0.223 e. The van der Waals surface area contributed by atoms with Crippen LogP contribution in [0.25, 0.3) is 0 Å². The molecule has 0 aliphatic heterocycles. The van der Waals surface area contributed by atoms with Gasteiger partial charge in [-0.2, -0.15) is 0 Å². The van der Waals surface area contributed by atoms with Crippen molar-refractivity contribution >= 4 is 18.3 Å². The van der Waals surface area contributed by atoms with Gasteiger partial charge >= 0.3 is 0 Å². The van der Waals surface area contributed by atoms with Gasteiger partial charge in [-0.15, -0.1) is 12.4 Å². The van der Waals surface area contributed by atoms with Gasteiger partial charge in [0.1, 0.15) is 0 Å². The molecule has 22 heavy (non-hydrogen) atoms. The Balaban J connectivity index is 0.00000176. The summed E-state index contributed by atoms with van der Waals surface area (Å²) in [5.74, 6) is 1.70. The molecule has 3 nitrogen and oxygen atoms in total. The highest BCUT2D eigenvalue weighted by Crippen LogP contribution is 2.36. The van der Waals surface area contributed by atoms with Crippen LogP contribution in [-0.4, -0.2) is 18.5 Å². The lowest BCUT2D eigenvalue weighted by Crippen LogP contribution is -2.45. The first-order valence-electron chi connectivity index (χ1n) is 8.33.